The molecule has 0 amide bonds. The van der Waals surface area contributed by atoms with Crippen LogP contribution in [0.4, 0.5) is 0 Å². The van der Waals surface area contributed by atoms with Gasteiger partial charge in [0, 0.05) is 23.9 Å². The van der Waals surface area contributed by atoms with Crippen LogP contribution < -0.4 is 15.8 Å². The minimum atomic E-state index is -0.553. The number of benzene rings is 1. The summed E-state index contributed by atoms with van der Waals surface area (Å²) < 4.78 is 6.26. The number of hydrogen-bond acceptors (Lipinski definition) is 6. The van der Waals surface area contributed by atoms with Crippen LogP contribution in [0.3, 0.4) is 0 Å². The van der Waals surface area contributed by atoms with E-state index < -0.39 is 12.2 Å². The van der Waals surface area contributed by atoms with Crippen LogP contribution in [0.25, 0.3) is 0 Å². The van der Waals surface area contributed by atoms with Crippen LogP contribution in [-0.4, -0.2) is 45.7 Å². The fraction of sp³-hybridized carbons (Fsp3) is 0.611. The molecular weight excluding hydrogens is 538 g/mol. The number of aliphatic hydroxyl groups is 2. The van der Waals surface area contributed by atoms with Gasteiger partial charge in [-0.15, -0.1) is 0 Å². The van der Waals surface area contributed by atoms with Crippen LogP contribution in [0.5, 0.6) is 11.5 Å². The highest BCUT2D eigenvalue weighted by Gasteiger charge is 2.43. The lowest BCUT2D eigenvalue weighted by atomic mass is 9.60. The molecule has 7 N–H and O–H groups in total. The van der Waals surface area contributed by atoms with Crippen LogP contribution in [0.15, 0.2) is 60.1 Å². The van der Waals surface area contributed by atoms with Crippen molar-refractivity contribution in [3.63, 3.8) is 0 Å². The maximum absolute atomic E-state index is 10.6. The number of dihydropyridines is 1. The Bertz CT molecular complexity index is 1150. The number of nitrogens with one attached hydrogen (secondary N) is 2. The Kier molecular flexibility index (Phi) is 12.9. The van der Waals surface area contributed by atoms with E-state index >= 15 is 0 Å². The molecule has 3 atom stereocenters. The largest absolute Gasteiger partial charge is 0.504 e. The van der Waals surface area contributed by atoms with E-state index in [1.54, 1.807) is 6.07 Å². The molecule has 0 saturated heterocycles. The molecule has 238 valence electrons. The summed E-state index contributed by atoms with van der Waals surface area (Å²) in [7, 11) is 0. The molecule has 1 saturated carbocycles. The molecule has 1 aromatic heterocycles. The average molecular weight is 594 g/mol. The van der Waals surface area contributed by atoms with E-state index in [4.69, 9.17) is 10.5 Å². The number of aryl methyl sites for hydroxylation is 1. The predicted octanol–water partition coefficient (Wildman–Crippen LogP) is 6.74. The SMILES string of the molecule is CCCCCCC[C@H](O)C[C@H](O)CCc1ccc(O)c(OCC[C@H](C2=CCNC(N)=C2)C2(c3ccc[nH]3)CCCCC2)c1. The van der Waals surface area contributed by atoms with E-state index in [2.05, 4.69) is 41.5 Å². The summed E-state index contributed by atoms with van der Waals surface area (Å²) in [6.45, 7) is 3.39. The van der Waals surface area contributed by atoms with Crippen molar-refractivity contribution >= 4 is 0 Å². The van der Waals surface area contributed by atoms with Crippen LogP contribution in [0.1, 0.15) is 108 Å². The van der Waals surface area contributed by atoms with Gasteiger partial charge in [-0.1, -0.05) is 70.4 Å². The van der Waals surface area contributed by atoms with Crippen molar-refractivity contribution in [2.75, 3.05) is 13.2 Å². The molecule has 7 nitrogen and oxygen atoms in total. The molecule has 4 rings (SSSR count). The maximum Gasteiger partial charge on any atom is 0.161 e. The molecular formula is C36H55N3O4. The first-order valence-electron chi connectivity index (χ1n) is 16.8. The van der Waals surface area contributed by atoms with Crippen LogP contribution in [0.2, 0.25) is 0 Å². The fourth-order valence-corrected chi connectivity index (χ4v) is 7.19. The molecule has 1 aliphatic carbocycles. The lowest BCUT2D eigenvalue weighted by Gasteiger charge is -2.44. The number of ether oxygens (including phenoxy) is 1. The number of nitrogens with two attached hydrogens (primary N) is 1. The van der Waals surface area contributed by atoms with Gasteiger partial charge in [0.15, 0.2) is 11.5 Å². The van der Waals surface area contributed by atoms with Crippen LogP contribution in [0, 0.1) is 5.92 Å². The number of aromatic amines is 1. The quantitative estimate of drug-likeness (QED) is 0.106. The van der Waals surface area contributed by atoms with E-state index in [1.807, 2.05) is 18.3 Å². The van der Waals surface area contributed by atoms with Crippen molar-refractivity contribution < 1.29 is 20.1 Å². The molecule has 2 heterocycles. The van der Waals surface area contributed by atoms with Gasteiger partial charge < -0.3 is 36.1 Å². The molecule has 2 aliphatic rings. The van der Waals surface area contributed by atoms with Gasteiger partial charge >= 0.3 is 0 Å². The Morgan fingerprint density at radius 3 is 2.51 bits per heavy atom. The van der Waals surface area contributed by atoms with E-state index in [0.29, 0.717) is 37.4 Å². The standard InChI is InChI=1S/C36H55N3O4/c1-2-3-4-5-7-11-29(40)26-30(41)15-13-27-14-16-32(42)33(24-27)43-23-18-31(28-17-22-39-35(37)25-28)36(19-8-6-9-20-36)34-12-10-21-38-34/h10,12,14,16-17,21,24-25,29-31,38-42H,2-9,11,13,15,18-20,22-23,26,37H2,1H3/t29-,30+,31+/m0/s1. The first-order valence-corrected chi connectivity index (χ1v) is 16.8. The number of rotatable bonds is 18. The normalized spacial score (nSPS) is 18.7. The zero-order valence-corrected chi connectivity index (χ0v) is 26.2. The van der Waals surface area contributed by atoms with Crippen molar-refractivity contribution in [3.05, 3.63) is 71.3 Å². The van der Waals surface area contributed by atoms with Crippen LogP contribution in [-0.2, 0) is 11.8 Å². The van der Waals surface area contributed by atoms with E-state index in [-0.39, 0.29) is 17.1 Å². The number of unbranched alkanes of at least 4 members (excludes halogenated alkanes) is 4. The number of aliphatic hydroxyl groups excluding tert-OH is 2. The van der Waals surface area contributed by atoms with Gasteiger partial charge in [0.2, 0.25) is 0 Å². The second-order valence-corrected chi connectivity index (χ2v) is 12.8. The number of aromatic hydroxyl groups is 1. The third kappa shape index (κ3) is 9.54. The Hall–Kier alpha value is -2.90. The van der Waals surface area contributed by atoms with Crippen molar-refractivity contribution in [3.8, 4) is 11.5 Å². The maximum atomic E-state index is 10.6. The summed E-state index contributed by atoms with van der Waals surface area (Å²) in [5, 5.41) is 34.7. The molecule has 0 unspecified atom stereocenters. The fourth-order valence-electron chi connectivity index (χ4n) is 7.19. The highest BCUT2D eigenvalue weighted by Crippen LogP contribution is 2.49. The highest BCUT2D eigenvalue weighted by molar-refractivity contribution is 5.42. The zero-order valence-electron chi connectivity index (χ0n) is 26.2. The van der Waals surface area contributed by atoms with E-state index in [1.165, 1.54) is 49.8 Å². The summed E-state index contributed by atoms with van der Waals surface area (Å²) in [5.74, 6) is 1.53. The Labute approximate surface area is 258 Å². The molecule has 0 spiro atoms. The van der Waals surface area contributed by atoms with E-state index in [9.17, 15) is 15.3 Å². The second-order valence-electron chi connectivity index (χ2n) is 12.8. The van der Waals surface area contributed by atoms with Gasteiger partial charge in [0.05, 0.1) is 24.6 Å². The first-order chi connectivity index (χ1) is 20.9. The van der Waals surface area contributed by atoms with Gasteiger partial charge in [-0.3, -0.25) is 0 Å². The summed E-state index contributed by atoms with van der Waals surface area (Å²) in [5.41, 5.74) is 9.77. The smallest absolute Gasteiger partial charge is 0.161 e. The third-order valence-corrected chi connectivity index (χ3v) is 9.56. The first kappa shape index (κ1) is 33.0. The minimum Gasteiger partial charge on any atom is -0.504 e. The number of phenols is 1. The molecule has 1 fully saturated rings. The molecule has 2 aromatic rings. The average Bonchev–Trinajstić information content (AvgIpc) is 3.56. The summed E-state index contributed by atoms with van der Waals surface area (Å²) in [6.07, 6.45) is 20.3. The van der Waals surface area contributed by atoms with Gasteiger partial charge in [-0.2, -0.15) is 0 Å². The minimum absolute atomic E-state index is 0.00876. The van der Waals surface area contributed by atoms with Crippen molar-refractivity contribution in [2.45, 2.75) is 121 Å². The Balaban J connectivity index is 1.36. The molecule has 1 aromatic carbocycles. The number of hydrogen-bond donors (Lipinski definition) is 6. The zero-order chi connectivity index (χ0) is 30.5. The lowest BCUT2D eigenvalue weighted by molar-refractivity contribution is 0.0697. The number of H-pyrrole nitrogens is 1. The summed E-state index contributed by atoms with van der Waals surface area (Å²) in [6, 6.07) is 9.78. The van der Waals surface area contributed by atoms with Crippen molar-refractivity contribution in [2.24, 2.45) is 11.7 Å². The van der Waals surface area contributed by atoms with Crippen LogP contribution >= 0.6 is 0 Å². The molecule has 0 bridgehead atoms. The molecule has 43 heavy (non-hydrogen) atoms. The monoisotopic (exact) mass is 593 g/mol. The van der Waals surface area contributed by atoms with E-state index in [0.717, 1.165) is 50.6 Å². The summed E-state index contributed by atoms with van der Waals surface area (Å²) in [4.78, 5) is 3.54. The number of aromatic nitrogens is 1. The third-order valence-electron chi connectivity index (χ3n) is 9.56. The predicted molar refractivity (Wildman–Crippen MR) is 174 cm³/mol. The molecule has 0 radical (unpaired) electrons. The Morgan fingerprint density at radius 1 is 0.977 bits per heavy atom. The Morgan fingerprint density at radius 2 is 1.77 bits per heavy atom. The lowest BCUT2D eigenvalue weighted by Crippen LogP contribution is -2.40. The molecule has 1 aliphatic heterocycles. The highest BCUT2D eigenvalue weighted by atomic mass is 16.5. The molecule has 7 heteroatoms. The topological polar surface area (TPSA) is 124 Å². The van der Waals surface area contributed by atoms with Crippen molar-refractivity contribution in [1.82, 2.24) is 10.3 Å². The second kappa shape index (κ2) is 16.8. The number of allylic oxidation sites excluding steroid dienone is 2. The van der Waals surface area contributed by atoms with Gasteiger partial charge in [0.1, 0.15) is 0 Å². The summed E-state index contributed by atoms with van der Waals surface area (Å²) >= 11 is 0. The van der Waals surface area contributed by atoms with Gasteiger partial charge in [0.25, 0.3) is 0 Å². The van der Waals surface area contributed by atoms with Gasteiger partial charge in [-0.25, -0.2) is 0 Å². The van der Waals surface area contributed by atoms with Gasteiger partial charge in [-0.05, 0) is 92.3 Å². The van der Waals surface area contributed by atoms with Crippen molar-refractivity contribution in [1.29, 1.82) is 0 Å². The number of phenolic OH excluding ortho intramolecular Hbond substituents is 1.